The Morgan fingerprint density at radius 3 is 2.42 bits per heavy atom. The maximum absolute atomic E-state index is 10.7. The molecule has 0 radical (unpaired) electrons. The predicted molar refractivity (Wildman–Crippen MR) is 131 cm³/mol. The number of benzene rings is 3. The summed E-state index contributed by atoms with van der Waals surface area (Å²) in [6.45, 7) is 1.16. The van der Waals surface area contributed by atoms with Crippen molar-refractivity contribution >= 4 is 5.97 Å². The van der Waals surface area contributed by atoms with Crippen molar-refractivity contribution < 1.29 is 48.6 Å². The molecule has 1 unspecified atom stereocenters. The molecular weight excluding hydrogens is 463 g/mol. The molecule has 0 amide bonds. The molecule has 1 aliphatic rings. The summed E-state index contributed by atoms with van der Waals surface area (Å²) in [5.74, 6) is 0.801. The molecule has 6 nitrogen and oxygen atoms in total. The van der Waals surface area contributed by atoms with Gasteiger partial charge in [0.15, 0.2) is 5.76 Å². The van der Waals surface area contributed by atoms with Gasteiger partial charge in [-0.3, -0.25) is 4.90 Å². The predicted octanol–water partition coefficient (Wildman–Crippen LogP) is 1.87. The Labute approximate surface area is 233 Å². The van der Waals surface area contributed by atoms with Crippen LogP contribution in [0.1, 0.15) is 36.8 Å². The average molecular weight is 491 g/mol. The summed E-state index contributed by atoms with van der Waals surface area (Å²) in [5.41, 5.74) is 3.94. The molecule has 7 heteroatoms. The van der Waals surface area contributed by atoms with Crippen LogP contribution in [0, 0.1) is 0 Å². The van der Waals surface area contributed by atoms with Crippen LogP contribution in [-0.2, 0) is 11.3 Å². The molecule has 178 valence electrons. The van der Waals surface area contributed by atoms with Gasteiger partial charge in [-0.25, -0.2) is 4.98 Å². The van der Waals surface area contributed by atoms with Gasteiger partial charge in [-0.2, -0.15) is 0 Å². The van der Waals surface area contributed by atoms with Crippen LogP contribution in [0.2, 0.25) is 0 Å². The van der Waals surface area contributed by atoms with Crippen LogP contribution in [0.4, 0.5) is 0 Å². The number of carboxylic acids is 1. The van der Waals surface area contributed by atoms with Gasteiger partial charge in [0, 0.05) is 17.7 Å². The first-order chi connectivity index (χ1) is 17.2. The normalized spacial score (nSPS) is 15.7. The van der Waals surface area contributed by atoms with E-state index in [-0.39, 0.29) is 35.6 Å². The summed E-state index contributed by atoms with van der Waals surface area (Å²) in [5, 5.41) is 10.7. The maximum atomic E-state index is 10.7. The monoisotopic (exact) mass is 490 g/mol. The molecule has 2 heterocycles. The molecule has 1 aromatic heterocycles. The van der Waals surface area contributed by atoms with Crippen LogP contribution in [0.5, 0.6) is 5.75 Å². The number of carbonyl (C=O) groups excluding carboxylic acids is 1. The molecular formula is C29H27N2NaO4. The number of piperidine rings is 1. The van der Waals surface area contributed by atoms with E-state index in [2.05, 4.69) is 17.0 Å². The minimum atomic E-state index is -1.24. The standard InChI is InChI=1S/C29H28N2O4.Na/c32-26(33)20-34-24-15-9-10-21(18-24)19-31-17-8-7-16-25(31)29-30-27(22-11-3-1-4-12-22)28(35-29)23-13-5-2-6-14-23;/h1-6,9-15,18,25H,7-8,16-17,19-20H2,(H,32,33);/q;+1/p-1. The van der Waals surface area contributed by atoms with Crippen molar-refractivity contribution in [1.82, 2.24) is 9.88 Å². The van der Waals surface area contributed by atoms with Crippen LogP contribution < -0.4 is 39.4 Å². The van der Waals surface area contributed by atoms with E-state index >= 15 is 0 Å². The average Bonchev–Trinajstić information content (AvgIpc) is 3.34. The number of aliphatic carboxylic acids is 1. The zero-order valence-electron chi connectivity index (χ0n) is 20.4. The Morgan fingerprint density at radius 1 is 0.972 bits per heavy atom. The Hall–Kier alpha value is -2.90. The van der Waals surface area contributed by atoms with Crippen LogP contribution in [0.25, 0.3) is 22.6 Å². The third kappa shape index (κ3) is 6.26. The molecule has 36 heavy (non-hydrogen) atoms. The first-order valence-electron chi connectivity index (χ1n) is 11.9. The SMILES string of the molecule is O=C([O-])COc1cccc(CN2CCCCC2c2nc(-c3ccccc3)c(-c3ccccc3)o2)c1.[Na+]. The first kappa shape index (κ1) is 26.2. The van der Waals surface area contributed by atoms with Crippen molar-refractivity contribution in [3.8, 4) is 28.3 Å². The van der Waals surface area contributed by atoms with Crippen LogP contribution in [0.3, 0.4) is 0 Å². The molecule has 1 saturated heterocycles. The van der Waals surface area contributed by atoms with Gasteiger partial charge in [-0.15, -0.1) is 0 Å². The fraction of sp³-hybridized carbons (Fsp3) is 0.241. The van der Waals surface area contributed by atoms with E-state index in [4.69, 9.17) is 14.1 Å². The molecule has 0 N–H and O–H groups in total. The zero-order valence-corrected chi connectivity index (χ0v) is 22.4. The van der Waals surface area contributed by atoms with E-state index in [9.17, 15) is 9.90 Å². The maximum Gasteiger partial charge on any atom is 1.00 e. The number of likely N-dealkylation sites (tertiary alicyclic amines) is 1. The number of hydrogen-bond donors (Lipinski definition) is 0. The van der Waals surface area contributed by atoms with Crippen molar-refractivity contribution in [1.29, 1.82) is 0 Å². The minimum Gasteiger partial charge on any atom is -0.546 e. The second-order valence-electron chi connectivity index (χ2n) is 8.75. The quantitative estimate of drug-likeness (QED) is 0.351. The van der Waals surface area contributed by atoms with Gasteiger partial charge in [-0.1, -0.05) is 79.2 Å². The molecule has 3 aromatic carbocycles. The number of carbonyl (C=O) groups is 1. The Kier molecular flexibility index (Phi) is 8.99. The summed E-state index contributed by atoms with van der Waals surface area (Å²) in [7, 11) is 0. The number of oxazole rings is 1. The summed E-state index contributed by atoms with van der Waals surface area (Å²) in [6, 6.07) is 27.9. The van der Waals surface area contributed by atoms with Crippen molar-refractivity contribution in [2.75, 3.05) is 13.2 Å². The zero-order chi connectivity index (χ0) is 24.0. The fourth-order valence-corrected chi connectivity index (χ4v) is 4.63. The van der Waals surface area contributed by atoms with Crippen molar-refractivity contribution in [3.63, 3.8) is 0 Å². The molecule has 0 bridgehead atoms. The smallest absolute Gasteiger partial charge is 0.546 e. The van der Waals surface area contributed by atoms with Crippen molar-refractivity contribution in [2.45, 2.75) is 31.8 Å². The van der Waals surface area contributed by atoms with E-state index in [0.29, 0.717) is 12.3 Å². The molecule has 1 fully saturated rings. The van der Waals surface area contributed by atoms with E-state index in [1.807, 2.05) is 66.7 Å². The number of hydrogen-bond acceptors (Lipinski definition) is 6. The fourth-order valence-electron chi connectivity index (χ4n) is 4.63. The van der Waals surface area contributed by atoms with E-state index < -0.39 is 12.6 Å². The number of rotatable bonds is 8. The second-order valence-corrected chi connectivity index (χ2v) is 8.75. The molecule has 1 aliphatic heterocycles. The first-order valence-corrected chi connectivity index (χ1v) is 11.9. The largest absolute Gasteiger partial charge is 1.00 e. The third-order valence-corrected chi connectivity index (χ3v) is 6.27. The van der Waals surface area contributed by atoms with Gasteiger partial charge in [0.2, 0.25) is 5.89 Å². The van der Waals surface area contributed by atoms with E-state index in [1.54, 1.807) is 6.07 Å². The topological polar surface area (TPSA) is 78.6 Å². The summed E-state index contributed by atoms with van der Waals surface area (Å²) in [6.07, 6.45) is 3.18. The Bertz CT molecular complexity index is 1220. The molecule has 0 aliphatic carbocycles. The molecule has 4 aromatic rings. The van der Waals surface area contributed by atoms with Crippen LogP contribution >= 0.6 is 0 Å². The van der Waals surface area contributed by atoms with Crippen LogP contribution in [-0.4, -0.2) is 29.0 Å². The van der Waals surface area contributed by atoms with Crippen molar-refractivity contribution in [3.05, 3.63) is 96.4 Å². The number of aromatic nitrogens is 1. The van der Waals surface area contributed by atoms with Crippen LogP contribution in [0.15, 0.2) is 89.3 Å². The van der Waals surface area contributed by atoms with Gasteiger partial charge >= 0.3 is 29.6 Å². The summed E-state index contributed by atoms with van der Waals surface area (Å²) < 4.78 is 11.8. The molecule has 1 atom stereocenters. The van der Waals surface area contributed by atoms with Crippen molar-refractivity contribution in [2.24, 2.45) is 0 Å². The molecule has 0 saturated carbocycles. The van der Waals surface area contributed by atoms with Gasteiger partial charge in [-0.05, 0) is 37.1 Å². The number of ether oxygens (including phenoxy) is 1. The van der Waals surface area contributed by atoms with E-state index in [0.717, 1.165) is 59.8 Å². The molecule has 5 rings (SSSR count). The van der Waals surface area contributed by atoms with Gasteiger partial charge < -0.3 is 19.1 Å². The number of carboxylic acid groups (broad SMARTS) is 1. The van der Waals surface area contributed by atoms with Gasteiger partial charge in [0.1, 0.15) is 18.1 Å². The Morgan fingerprint density at radius 2 is 1.69 bits per heavy atom. The summed E-state index contributed by atoms with van der Waals surface area (Å²) >= 11 is 0. The number of nitrogens with zero attached hydrogens (tertiary/aromatic N) is 2. The van der Waals surface area contributed by atoms with E-state index in [1.165, 1.54) is 0 Å². The van der Waals surface area contributed by atoms with Gasteiger partial charge in [0.05, 0.1) is 12.0 Å². The summed E-state index contributed by atoms with van der Waals surface area (Å²) in [4.78, 5) is 18.2. The minimum absolute atomic E-state index is 0. The van der Waals surface area contributed by atoms with Gasteiger partial charge in [0.25, 0.3) is 0 Å². The second kappa shape index (κ2) is 12.4. The third-order valence-electron chi connectivity index (χ3n) is 6.27. The molecule has 0 spiro atoms. The Balaban J connectivity index is 0.00000304.